The zero-order valence-electron chi connectivity index (χ0n) is 11.9. The third-order valence-electron chi connectivity index (χ3n) is 3.36. The van der Waals surface area contributed by atoms with Gasteiger partial charge in [-0.1, -0.05) is 61.4 Å². The molecule has 0 bridgehead atoms. The molecule has 1 aromatic rings. The van der Waals surface area contributed by atoms with Crippen molar-refractivity contribution in [3.63, 3.8) is 0 Å². The summed E-state index contributed by atoms with van der Waals surface area (Å²) in [6.45, 7) is 2.19. The Morgan fingerprint density at radius 3 is 2.40 bits per heavy atom. The maximum absolute atomic E-state index is 12.1. The van der Waals surface area contributed by atoms with Gasteiger partial charge in [-0.25, -0.2) is 0 Å². The second-order valence-corrected chi connectivity index (χ2v) is 6.20. The molecule has 0 aromatic heterocycles. The van der Waals surface area contributed by atoms with Gasteiger partial charge >= 0.3 is 0 Å². The van der Waals surface area contributed by atoms with Crippen molar-refractivity contribution in [2.75, 3.05) is 0 Å². The predicted octanol–water partition coefficient (Wildman–Crippen LogP) is 4.79. The van der Waals surface area contributed by atoms with Gasteiger partial charge in [-0.05, 0) is 24.6 Å². The smallest absolute Gasteiger partial charge is 0.176 e. The van der Waals surface area contributed by atoms with Gasteiger partial charge in [-0.15, -0.1) is 0 Å². The topological polar surface area (TPSA) is 57.5 Å². The largest absolute Gasteiger partial charge is 0.504 e. The number of alkyl halides is 1. The van der Waals surface area contributed by atoms with Crippen LogP contribution in [-0.4, -0.2) is 20.8 Å². The van der Waals surface area contributed by atoms with E-state index < -0.39 is 0 Å². The highest BCUT2D eigenvalue weighted by molar-refractivity contribution is 9.10. The number of carbonyl (C=O) groups excluding carboxylic acids is 1. The fraction of sp³-hybridized carbons (Fsp3) is 0.562. The number of phenols is 2. The summed E-state index contributed by atoms with van der Waals surface area (Å²) in [4.78, 5) is 11.9. The molecular formula is C16H23BrO3. The lowest BCUT2D eigenvalue weighted by atomic mass is 10.0. The van der Waals surface area contributed by atoms with Gasteiger partial charge in [0, 0.05) is 5.56 Å². The van der Waals surface area contributed by atoms with Crippen LogP contribution in [0.15, 0.2) is 18.2 Å². The van der Waals surface area contributed by atoms with Crippen molar-refractivity contribution in [2.45, 2.75) is 56.7 Å². The first-order valence-corrected chi connectivity index (χ1v) is 8.18. The Bertz CT molecular complexity index is 432. The minimum absolute atomic E-state index is 0.0474. The van der Waals surface area contributed by atoms with Crippen LogP contribution in [0.4, 0.5) is 0 Å². The molecule has 0 amide bonds. The molecule has 0 heterocycles. The number of Topliss-reactive ketones (excluding diaryl/α,β-unsaturated/α-hetero) is 1. The Balaban J connectivity index is 2.37. The first-order valence-electron chi connectivity index (χ1n) is 7.26. The summed E-state index contributed by atoms with van der Waals surface area (Å²) in [5, 5.41) is 18.6. The SMILES string of the molecule is CCCCCCCCC(Br)C(=O)c1ccc(O)c(O)c1. The summed E-state index contributed by atoms with van der Waals surface area (Å²) in [6, 6.07) is 4.19. The third-order valence-corrected chi connectivity index (χ3v) is 4.23. The van der Waals surface area contributed by atoms with Gasteiger partial charge in [-0.3, -0.25) is 4.79 Å². The molecule has 1 unspecified atom stereocenters. The number of phenolic OH excluding ortho intramolecular Hbond substituents is 2. The van der Waals surface area contributed by atoms with Crippen molar-refractivity contribution in [3.05, 3.63) is 23.8 Å². The van der Waals surface area contributed by atoms with Crippen molar-refractivity contribution in [1.82, 2.24) is 0 Å². The molecule has 2 N–H and O–H groups in total. The van der Waals surface area contributed by atoms with E-state index in [1.807, 2.05) is 0 Å². The molecule has 0 spiro atoms. The molecule has 0 fully saturated rings. The molecule has 0 saturated heterocycles. The first-order chi connectivity index (χ1) is 9.56. The van der Waals surface area contributed by atoms with Crippen LogP contribution < -0.4 is 0 Å². The number of ketones is 1. The molecule has 20 heavy (non-hydrogen) atoms. The summed E-state index contributed by atoms with van der Waals surface area (Å²) >= 11 is 3.41. The number of hydrogen-bond donors (Lipinski definition) is 2. The number of halogens is 1. The second kappa shape index (κ2) is 9.01. The molecule has 1 aromatic carbocycles. The zero-order valence-corrected chi connectivity index (χ0v) is 13.5. The summed E-state index contributed by atoms with van der Waals surface area (Å²) in [5.74, 6) is -0.507. The molecule has 0 aliphatic rings. The highest BCUT2D eigenvalue weighted by Crippen LogP contribution is 2.27. The minimum atomic E-state index is -0.255. The van der Waals surface area contributed by atoms with Gasteiger partial charge < -0.3 is 10.2 Å². The van der Waals surface area contributed by atoms with Crippen LogP contribution in [0.1, 0.15) is 62.2 Å². The lowest BCUT2D eigenvalue weighted by Crippen LogP contribution is -2.14. The van der Waals surface area contributed by atoms with Crippen LogP contribution >= 0.6 is 15.9 Å². The number of benzene rings is 1. The zero-order chi connectivity index (χ0) is 15.0. The van der Waals surface area contributed by atoms with E-state index in [0.717, 1.165) is 19.3 Å². The third kappa shape index (κ3) is 5.53. The Hall–Kier alpha value is -1.03. The second-order valence-electron chi connectivity index (χ2n) is 5.09. The van der Waals surface area contributed by atoms with Crippen LogP contribution in [0.3, 0.4) is 0 Å². The van der Waals surface area contributed by atoms with Gasteiger partial charge in [0.15, 0.2) is 17.3 Å². The van der Waals surface area contributed by atoms with Crippen LogP contribution in [0, 0.1) is 0 Å². The van der Waals surface area contributed by atoms with Crippen molar-refractivity contribution in [3.8, 4) is 11.5 Å². The predicted molar refractivity (Wildman–Crippen MR) is 84.8 cm³/mol. The van der Waals surface area contributed by atoms with E-state index >= 15 is 0 Å². The van der Waals surface area contributed by atoms with Gasteiger partial charge in [0.05, 0.1) is 4.83 Å². The average molecular weight is 343 g/mol. The van der Waals surface area contributed by atoms with Gasteiger partial charge in [-0.2, -0.15) is 0 Å². The fourth-order valence-electron chi connectivity index (χ4n) is 2.09. The van der Waals surface area contributed by atoms with E-state index in [0.29, 0.717) is 5.56 Å². The summed E-state index contributed by atoms with van der Waals surface area (Å²) in [5.41, 5.74) is 0.424. The summed E-state index contributed by atoms with van der Waals surface area (Å²) in [6.07, 6.45) is 7.98. The van der Waals surface area contributed by atoms with Gasteiger partial charge in [0.1, 0.15) is 0 Å². The molecule has 0 aliphatic heterocycles. The van der Waals surface area contributed by atoms with E-state index in [-0.39, 0.29) is 22.1 Å². The molecule has 4 heteroatoms. The van der Waals surface area contributed by atoms with Crippen molar-refractivity contribution < 1.29 is 15.0 Å². The highest BCUT2D eigenvalue weighted by atomic mass is 79.9. The van der Waals surface area contributed by atoms with Crippen LogP contribution in [-0.2, 0) is 0 Å². The number of aromatic hydroxyl groups is 2. The molecule has 112 valence electrons. The molecule has 3 nitrogen and oxygen atoms in total. The molecule has 1 rings (SSSR count). The van der Waals surface area contributed by atoms with Gasteiger partial charge in [0.2, 0.25) is 0 Å². The molecule has 1 atom stereocenters. The Morgan fingerprint density at radius 2 is 1.75 bits per heavy atom. The number of rotatable bonds is 9. The molecule has 0 aliphatic carbocycles. The Morgan fingerprint density at radius 1 is 1.10 bits per heavy atom. The minimum Gasteiger partial charge on any atom is -0.504 e. The van der Waals surface area contributed by atoms with E-state index in [9.17, 15) is 15.0 Å². The van der Waals surface area contributed by atoms with E-state index in [4.69, 9.17) is 0 Å². The van der Waals surface area contributed by atoms with Crippen molar-refractivity contribution in [1.29, 1.82) is 0 Å². The van der Waals surface area contributed by atoms with Crippen LogP contribution in [0.2, 0.25) is 0 Å². The number of unbranched alkanes of at least 4 members (excludes halogenated alkanes) is 5. The molecule has 0 saturated carbocycles. The summed E-state index contributed by atoms with van der Waals surface area (Å²) in [7, 11) is 0. The quantitative estimate of drug-likeness (QED) is 0.293. The molecular weight excluding hydrogens is 320 g/mol. The number of carbonyl (C=O) groups is 1. The monoisotopic (exact) mass is 342 g/mol. The lowest BCUT2D eigenvalue weighted by Gasteiger charge is -2.09. The summed E-state index contributed by atoms with van der Waals surface area (Å²) < 4.78 is 0. The Labute approximate surface area is 129 Å². The van der Waals surface area contributed by atoms with E-state index in [2.05, 4.69) is 22.9 Å². The van der Waals surface area contributed by atoms with Crippen LogP contribution in [0.25, 0.3) is 0 Å². The standard InChI is InChI=1S/C16H23BrO3/c1-2-3-4-5-6-7-8-13(17)16(20)12-9-10-14(18)15(19)11-12/h9-11,13,18-19H,2-8H2,1H3. The molecule has 0 radical (unpaired) electrons. The maximum Gasteiger partial charge on any atom is 0.176 e. The number of hydrogen-bond acceptors (Lipinski definition) is 3. The maximum atomic E-state index is 12.1. The van der Waals surface area contributed by atoms with Crippen molar-refractivity contribution >= 4 is 21.7 Å². The fourth-order valence-corrected chi connectivity index (χ4v) is 2.68. The highest BCUT2D eigenvalue weighted by Gasteiger charge is 2.17. The first kappa shape index (κ1) is 17.0. The van der Waals surface area contributed by atoms with Gasteiger partial charge in [0.25, 0.3) is 0 Å². The van der Waals surface area contributed by atoms with Crippen molar-refractivity contribution in [2.24, 2.45) is 0 Å². The lowest BCUT2D eigenvalue weighted by molar-refractivity contribution is 0.0987. The van der Waals surface area contributed by atoms with E-state index in [1.165, 1.54) is 43.9 Å². The van der Waals surface area contributed by atoms with Crippen LogP contribution in [0.5, 0.6) is 11.5 Å². The van der Waals surface area contributed by atoms with E-state index in [1.54, 1.807) is 0 Å². The normalized spacial score (nSPS) is 12.3. The average Bonchev–Trinajstić information content (AvgIpc) is 2.44. The Kier molecular flexibility index (Phi) is 7.67.